The van der Waals surface area contributed by atoms with Gasteiger partial charge in [-0.1, -0.05) is 0 Å². The van der Waals surface area contributed by atoms with E-state index in [9.17, 15) is 8.78 Å². The molecule has 0 amide bonds. The van der Waals surface area contributed by atoms with Gasteiger partial charge in [0.15, 0.2) is 5.82 Å². The van der Waals surface area contributed by atoms with Crippen molar-refractivity contribution in [2.24, 2.45) is 0 Å². The number of aromatic nitrogens is 2. The van der Waals surface area contributed by atoms with E-state index in [4.69, 9.17) is 0 Å². The Hall–Kier alpha value is -1.84. The minimum atomic E-state index is -0.655. The number of nitrogens with zero attached hydrogens (tertiary/aromatic N) is 2. The van der Waals surface area contributed by atoms with Gasteiger partial charge in [-0.05, 0) is 31.5 Å². The fraction of sp³-hybridized carbons (Fsp3) is 0.167. The lowest BCUT2D eigenvalue weighted by atomic mass is 10.1. The number of pyridine rings is 2. The zero-order valence-electron chi connectivity index (χ0n) is 8.96. The first-order valence-corrected chi connectivity index (χ1v) is 4.83. The van der Waals surface area contributed by atoms with Gasteiger partial charge in [0.05, 0.1) is 11.9 Å². The maximum atomic E-state index is 13.7. The van der Waals surface area contributed by atoms with Gasteiger partial charge in [0.25, 0.3) is 0 Å². The Balaban J connectivity index is 2.61. The molecule has 2 aromatic heterocycles. The second-order valence-corrected chi connectivity index (χ2v) is 3.61. The van der Waals surface area contributed by atoms with Gasteiger partial charge in [0.1, 0.15) is 11.5 Å². The van der Waals surface area contributed by atoms with E-state index in [0.29, 0.717) is 5.69 Å². The molecule has 16 heavy (non-hydrogen) atoms. The van der Waals surface area contributed by atoms with E-state index in [1.807, 2.05) is 6.92 Å². The average Bonchev–Trinajstić information content (AvgIpc) is 2.26. The fourth-order valence-electron chi connectivity index (χ4n) is 1.40. The molecule has 2 aromatic rings. The average molecular weight is 220 g/mol. The Morgan fingerprint density at radius 1 is 1.12 bits per heavy atom. The topological polar surface area (TPSA) is 25.8 Å². The van der Waals surface area contributed by atoms with Crippen molar-refractivity contribution in [1.82, 2.24) is 9.97 Å². The lowest BCUT2D eigenvalue weighted by Crippen LogP contribution is -1.98. The van der Waals surface area contributed by atoms with Crippen molar-refractivity contribution in [2.75, 3.05) is 0 Å². The predicted molar refractivity (Wildman–Crippen MR) is 56.9 cm³/mol. The SMILES string of the molecule is Cc1ccnc(-c2ncc(F)c(C)c2F)c1. The van der Waals surface area contributed by atoms with Crippen LogP contribution < -0.4 is 0 Å². The second-order valence-electron chi connectivity index (χ2n) is 3.61. The number of aryl methyl sites for hydroxylation is 1. The van der Waals surface area contributed by atoms with Crippen LogP contribution in [0.15, 0.2) is 24.5 Å². The monoisotopic (exact) mass is 220 g/mol. The van der Waals surface area contributed by atoms with Crippen LogP contribution in [0, 0.1) is 25.5 Å². The van der Waals surface area contributed by atoms with E-state index in [2.05, 4.69) is 9.97 Å². The number of hydrogen-bond donors (Lipinski definition) is 0. The minimum Gasteiger partial charge on any atom is -0.254 e. The van der Waals surface area contributed by atoms with Crippen LogP contribution >= 0.6 is 0 Å². The van der Waals surface area contributed by atoms with Crippen molar-refractivity contribution in [2.45, 2.75) is 13.8 Å². The summed E-state index contributed by atoms with van der Waals surface area (Å²) in [6.45, 7) is 3.26. The summed E-state index contributed by atoms with van der Waals surface area (Å²) in [5, 5.41) is 0. The van der Waals surface area contributed by atoms with Crippen molar-refractivity contribution in [3.8, 4) is 11.4 Å². The highest BCUT2D eigenvalue weighted by Crippen LogP contribution is 2.22. The second kappa shape index (κ2) is 3.96. The highest BCUT2D eigenvalue weighted by atomic mass is 19.1. The van der Waals surface area contributed by atoms with Gasteiger partial charge in [0, 0.05) is 11.8 Å². The normalized spacial score (nSPS) is 10.5. The van der Waals surface area contributed by atoms with Gasteiger partial charge < -0.3 is 0 Å². The fourth-order valence-corrected chi connectivity index (χ4v) is 1.40. The van der Waals surface area contributed by atoms with Gasteiger partial charge in [-0.2, -0.15) is 0 Å². The quantitative estimate of drug-likeness (QED) is 0.738. The number of rotatable bonds is 1. The van der Waals surface area contributed by atoms with Crippen LogP contribution in [0.1, 0.15) is 11.1 Å². The number of hydrogen-bond acceptors (Lipinski definition) is 2. The largest absolute Gasteiger partial charge is 0.254 e. The van der Waals surface area contributed by atoms with Crippen molar-refractivity contribution >= 4 is 0 Å². The molecule has 0 aliphatic carbocycles. The summed E-state index contributed by atoms with van der Waals surface area (Å²) in [5.74, 6) is -1.30. The molecule has 4 heteroatoms. The van der Waals surface area contributed by atoms with E-state index in [1.54, 1.807) is 18.3 Å². The Bertz CT molecular complexity index is 539. The molecule has 2 rings (SSSR count). The minimum absolute atomic E-state index is 0.0340. The van der Waals surface area contributed by atoms with Crippen molar-refractivity contribution in [3.05, 3.63) is 47.3 Å². The van der Waals surface area contributed by atoms with Crippen LogP contribution in [0.2, 0.25) is 0 Å². The highest BCUT2D eigenvalue weighted by Gasteiger charge is 2.13. The third-order valence-corrected chi connectivity index (χ3v) is 2.36. The van der Waals surface area contributed by atoms with Gasteiger partial charge in [-0.25, -0.2) is 13.8 Å². The van der Waals surface area contributed by atoms with Gasteiger partial charge >= 0.3 is 0 Å². The summed E-state index contributed by atoms with van der Waals surface area (Å²) in [4.78, 5) is 7.75. The smallest absolute Gasteiger partial charge is 0.156 e. The maximum absolute atomic E-state index is 13.7. The summed E-state index contributed by atoms with van der Waals surface area (Å²) in [7, 11) is 0. The van der Waals surface area contributed by atoms with Crippen molar-refractivity contribution in [1.29, 1.82) is 0 Å². The summed E-state index contributed by atoms with van der Waals surface area (Å²) in [5.41, 5.74) is 1.42. The molecule has 0 unspecified atom stereocenters. The molecule has 0 bridgehead atoms. The molecule has 0 atom stereocenters. The van der Waals surface area contributed by atoms with Crippen LogP contribution in [-0.4, -0.2) is 9.97 Å². The summed E-state index contributed by atoms with van der Waals surface area (Å²) in [6, 6.07) is 3.51. The van der Waals surface area contributed by atoms with Crippen LogP contribution in [0.4, 0.5) is 8.78 Å². The van der Waals surface area contributed by atoms with Crippen LogP contribution in [-0.2, 0) is 0 Å². The first-order chi connectivity index (χ1) is 7.59. The summed E-state index contributed by atoms with van der Waals surface area (Å²) < 4.78 is 26.8. The maximum Gasteiger partial charge on any atom is 0.156 e. The van der Waals surface area contributed by atoms with Crippen LogP contribution in [0.5, 0.6) is 0 Å². The summed E-state index contributed by atoms with van der Waals surface area (Å²) >= 11 is 0. The molecule has 0 fully saturated rings. The molecule has 0 aliphatic heterocycles. The van der Waals surface area contributed by atoms with Gasteiger partial charge in [0.2, 0.25) is 0 Å². The highest BCUT2D eigenvalue weighted by molar-refractivity contribution is 5.56. The molecule has 0 radical (unpaired) electrons. The van der Waals surface area contributed by atoms with Crippen molar-refractivity contribution in [3.63, 3.8) is 0 Å². The molecular formula is C12H10F2N2. The molecule has 0 aromatic carbocycles. The first-order valence-electron chi connectivity index (χ1n) is 4.83. The van der Waals surface area contributed by atoms with Crippen LogP contribution in [0.25, 0.3) is 11.4 Å². The summed E-state index contributed by atoms with van der Waals surface area (Å²) in [6.07, 6.45) is 2.59. The van der Waals surface area contributed by atoms with E-state index >= 15 is 0 Å². The first kappa shape index (κ1) is 10.7. The molecular weight excluding hydrogens is 210 g/mol. The Kier molecular flexibility index (Phi) is 2.64. The number of halogens is 2. The standard InChI is InChI=1S/C12H10F2N2/c1-7-3-4-15-10(5-7)12-11(14)8(2)9(13)6-16-12/h3-6H,1-2H3. The van der Waals surface area contributed by atoms with Gasteiger partial charge in [-0.3, -0.25) is 4.98 Å². The van der Waals surface area contributed by atoms with E-state index < -0.39 is 11.6 Å². The third-order valence-electron chi connectivity index (χ3n) is 2.36. The van der Waals surface area contributed by atoms with Crippen LogP contribution in [0.3, 0.4) is 0 Å². The zero-order valence-corrected chi connectivity index (χ0v) is 8.96. The molecule has 0 N–H and O–H groups in total. The molecule has 82 valence electrons. The zero-order chi connectivity index (χ0) is 11.7. The van der Waals surface area contributed by atoms with E-state index in [-0.39, 0.29) is 11.3 Å². The van der Waals surface area contributed by atoms with E-state index in [0.717, 1.165) is 11.8 Å². The molecule has 0 saturated heterocycles. The molecule has 2 heterocycles. The molecule has 0 saturated carbocycles. The van der Waals surface area contributed by atoms with E-state index in [1.165, 1.54) is 6.92 Å². The third kappa shape index (κ3) is 1.78. The predicted octanol–water partition coefficient (Wildman–Crippen LogP) is 3.04. The lowest BCUT2D eigenvalue weighted by Gasteiger charge is -2.05. The molecule has 0 spiro atoms. The Morgan fingerprint density at radius 3 is 2.56 bits per heavy atom. The molecule has 2 nitrogen and oxygen atoms in total. The Labute approximate surface area is 92.0 Å². The molecule has 0 aliphatic rings. The van der Waals surface area contributed by atoms with Crippen molar-refractivity contribution < 1.29 is 8.78 Å². The van der Waals surface area contributed by atoms with Gasteiger partial charge in [-0.15, -0.1) is 0 Å². The lowest BCUT2D eigenvalue weighted by molar-refractivity contribution is 0.560. The Morgan fingerprint density at radius 2 is 1.88 bits per heavy atom.